The molecule has 5 aromatic rings. The largest absolute Gasteiger partial charge is 0.481 e. The van der Waals surface area contributed by atoms with Gasteiger partial charge in [-0.2, -0.15) is 5.10 Å². The average Bonchev–Trinajstić information content (AvgIpc) is 3.49. The molecule has 2 aliphatic heterocycles. The normalized spacial score (nSPS) is 17.0. The molecule has 0 radical (unpaired) electrons. The minimum absolute atomic E-state index is 0.0476. The lowest BCUT2D eigenvalue weighted by atomic mass is 9.90. The number of rotatable bonds is 6. The highest BCUT2D eigenvalue weighted by molar-refractivity contribution is 7.22. The molecule has 4 heterocycles. The third kappa shape index (κ3) is 4.83. The highest BCUT2D eigenvalue weighted by Gasteiger charge is 2.31. The number of hydrogen-bond donors (Lipinski definition) is 2. The number of aromatic nitrogens is 3. The maximum atomic E-state index is 11.8. The topological polar surface area (TPSA) is 83.3 Å². The number of fused-ring (bicyclic) bond motifs is 2. The first-order valence-electron chi connectivity index (χ1n) is 14.2. The van der Waals surface area contributed by atoms with Gasteiger partial charge >= 0.3 is 5.97 Å². The minimum Gasteiger partial charge on any atom is -0.481 e. The van der Waals surface area contributed by atoms with Gasteiger partial charge in [-0.25, -0.2) is 4.98 Å². The molecular weight excluding hydrogens is 554 g/mol. The van der Waals surface area contributed by atoms with E-state index in [9.17, 15) is 9.90 Å². The smallest absolute Gasteiger partial charge is 0.307 e. The average molecular weight is 586 g/mol. The third-order valence-corrected chi connectivity index (χ3v) is 10.2. The van der Waals surface area contributed by atoms with Gasteiger partial charge in [0.2, 0.25) is 0 Å². The fourth-order valence-corrected chi connectivity index (χ4v) is 7.72. The SMILES string of the molecule is Cc1cc2nc(-c3ccc4c(c3)c(C3CCN(C5CNC5)CC3)nn4C)sc2c(-c2ccc(Cl)cc2)c1CC(=O)O. The number of nitrogens with one attached hydrogen (secondary N) is 1. The van der Waals surface area contributed by atoms with Gasteiger partial charge in [-0.05, 0) is 85.9 Å². The predicted octanol–water partition coefficient (Wildman–Crippen LogP) is 6.26. The number of aliphatic carboxylic acids is 1. The van der Waals surface area contributed by atoms with Crippen molar-refractivity contribution in [2.24, 2.45) is 7.05 Å². The van der Waals surface area contributed by atoms with Gasteiger partial charge in [-0.3, -0.25) is 14.4 Å². The van der Waals surface area contributed by atoms with Gasteiger partial charge in [-0.15, -0.1) is 11.3 Å². The van der Waals surface area contributed by atoms with Crippen molar-refractivity contribution in [1.82, 2.24) is 25.0 Å². The Kier molecular flexibility index (Phi) is 6.82. The molecule has 0 spiro atoms. The summed E-state index contributed by atoms with van der Waals surface area (Å²) in [5.74, 6) is -0.400. The summed E-state index contributed by atoms with van der Waals surface area (Å²) in [6.07, 6.45) is 2.21. The molecule has 0 amide bonds. The van der Waals surface area contributed by atoms with E-state index in [0.29, 0.717) is 17.0 Å². The molecule has 7 rings (SSSR count). The van der Waals surface area contributed by atoms with Crippen LogP contribution in [-0.4, -0.2) is 63.0 Å². The van der Waals surface area contributed by atoms with E-state index < -0.39 is 5.97 Å². The van der Waals surface area contributed by atoms with Gasteiger partial charge in [0.25, 0.3) is 0 Å². The number of benzene rings is 3. The number of thiazole rings is 1. The number of aryl methyl sites for hydroxylation is 2. The Labute approximate surface area is 247 Å². The van der Waals surface area contributed by atoms with Crippen molar-refractivity contribution in [3.8, 4) is 21.7 Å². The molecule has 0 saturated carbocycles. The number of likely N-dealkylation sites (tertiary alicyclic amines) is 1. The Hall–Kier alpha value is -3.30. The van der Waals surface area contributed by atoms with E-state index in [1.54, 1.807) is 11.3 Å². The fraction of sp³-hybridized carbons (Fsp3) is 0.344. The van der Waals surface area contributed by atoms with E-state index in [0.717, 1.165) is 87.6 Å². The molecule has 0 bridgehead atoms. The number of hydrogen-bond acceptors (Lipinski definition) is 6. The van der Waals surface area contributed by atoms with Crippen molar-refractivity contribution in [3.63, 3.8) is 0 Å². The standard InChI is InChI=1S/C32H32ClN5O2S/c1-18-13-26-31(29(24(18)15-28(39)40)19-3-6-22(33)7-4-19)41-32(35-26)21-5-8-27-25(14-21)30(36-37(27)2)20-9-11-38(12-10-20)23-16-34-17-23/h3-8,13-14,20,23,34H,9-12,15-17H2,1-2H3,(H,39,40). The first-order chi connectivity index (χ1) is 19.9. The molecule has 2 aliphatic rings. The molecule has 2 N–H and O–H groups in total. The zero-order valence-corrected chi connectivity index (χ0v) is 24.7. The maximum absolute atomic E-state index is 11.8. The van der Waals surface area contributed by atoms with Crippen LogP contribution in [-0.2, 0) is 18.3 Å². The Morgan fingerprint density at radius 3 is 2.51 bits per heavy atom. The van der Waals surface area contributed by atoms with Crippen LogP contribution in [0.25, 0.3) is 42.8 Å². The van der Waals surface area contributed by atoms with Crippen molar-refractivity contribution in [2.75, 3.05) is 26.2 Å². The molecule has 3 aromatic carbocycles. The molecule has 210 valence electrons. The van der Waals surface area contributed by atoms with Crippen molar-refractivity contribution >= 4 is 50.0 Å². The second-order valence-corrected chi connectivity index (χ2v) is 12.8. The maximum Gasteiger partial charge on any atom is 0.307 e. The Balaban J connectivity index is 1.30. The summed E-state index contributed by atoms with van der Waals surface area (Å²) in [6, 6.07) is 16.9. The molecule has 2 saturated heterocycles. The van der Waals surface area contributed by atoms with Crippen LogP contribution < -0.4 is 5.32 Å². The van der Waals surface area contributed by atoms with E-state index in [1.165, 1.54) is 11.1 Å². The molecule has 2 fully saturated rings. The van der Waals surface area contributed by atoms with Crippen molar-refractivity contribution in [2.45, 2.75) is 38.1 Å². The zero-order valence-electron chi connectivity index (χ0n) is 23.2. The van der Waals surface area contributed by atoms with Gasteiger partial charge < -0.3 is 10.4 Å². The van der Waals surface area contributed by atoms with Crippen LogP contribution >= 0.6 is 22.9 Å². The monoisotopic (exact) mass is 585 g/mol. The molecule has 0 aliphatic carbocycles. The van der Waals surface area contributed by atoms with Gasteiger partial charge in [0.15, 0.2) is 0 Å². The van der Waals surface area contributed by atoms with Gasteiger partial charge in [0.1, 0.15) is 5.01 Å². The second-order valence-electron chi connectivity index (χ2n) is 11.4. The highest BCUT2D eigenvalue weighted by atomic mass is 35.5. The van der Waals surface area contributed by atoms with Crippen molar-refractivity contribution < 1.29 is 9.90 Å². The summed E-state index contributed by atoms with van der Waals surface area (Å²) in [4.78, 5) is 19.5. The summed E-state index contributed by atoms with van der Waals surface area (Å²) < 4.78 is 3.00. The summed E-state index contributed by atoms with van der Waals surface area (Å²) in [6.45, 7) is 6.44. The van der Waals surface area contributed by atoms with E-state index >= 15 is 0 Å². The molecule has 0 atom stereocenters. The fourth-order valence-electron chi connectivity index (χ4n) is 6.46. The van der Waals surface area contributed by atoms with Gasteiger partial charge in [0.05, 0.1) is 27.8 Å². The number of carboxylic acid groups (broad SMARTS) is 1. The Morgan fingerprint density at radius 2 is 1.83 bits per heavy atom. The summed E-state index contributed by atoms with van der Waals surface area (Å²) in [5.41, 5.74) is 7.89. The van der Waals surface area contributed by atoms with E-state index in [2.05, 4.69) is 28.4 Å². The van der Waals surface area contributed by atoms with E-state index in [-0.39, 0.29) is 6.42 Å². The summed E-state index contributed by atoms with van der Waals surface area (Å²) >= 11 is 7.81. The van der Waals surface area contributed by atoms with E-state index in [1.807, 2.05) is 49.0 Å². The Bertz CT molecular complexity index is 1780. The second kappa shape index (κ2) is 10.5. The highest BCUT2D eigenvalue weighted by Crippen LogP contribution is 2.42. The van der Waals surface area contributed by atoms with Crippen LogP contribution in [0.4, 0.5) is 0 Å². The van der Waals surface area contributed by atoms with Crippen LogP contribution in [0.15, 0.2) is 48.5 Å². The summed E-state index contributed by atoms with van der Waals surface area (Å²) in [5, 5.41) is 20.9. The first-order valence-corrected chi connectivity index (χ1v) is 15.4. The van der Waals surface area contributed by atoms with Gasteiger partial charge in [-0.1, -0.05) is 23.7 Å². The third-order valence-electron chi connectivity index (χ3n) is 8.79. The number of halogens is 1. The zero-order chi connectivity index (χ0) is 28.2. The number of nitrogens with zero attached hydrogens (tertiary/aromatic N) is 4. The minimum atomic E-state index is -0.850. The number of piperidine rings is 1. The van der Waals surface area contributed by atoms with Crippen LogP contribution in [0.3, 0.4) is 0 Å². The van der Waals surface area contributed by atoms with Gasteiger partial charge in [0, 0.05) is 53.6 Å². The lowest BCUT2D eigenvalue weighted by molar-refractivity contribution is -0.136. The number of carbonyl (C=O) groups is 1. The molecular formula is C32H32ClN5O2S. The lowest BCUT2D eigenvalue weighted by Gasteiger charge is -2.42. The molecule has 9 heteroatoms. The first kappa shape index (κ1) is 26.6. The predicted molar refractivity (Wildman–Crippen MR) is 166 cm³/mol. The number of carboxylic acids is 1. The van der Waals surface area contributed by atoms with Crippen LogP contribution in [0.1, 0.15) is 35.6 Å². The molecule has 2 aromatic heterocycles. The van der Waals surface area contributed by atoms with E-state index in [4.69, 9.17) is 21.7 Å². The molecule has 0 unspecified atom stereocenters. The Morgan fingerprint density at radius 1 is 1.10 bits per heavy atom. The van der Waals surface area contributed by atoms with Crippen molar-refractivity contribution in [1.29, 1.82) is 0 Å². The molecule has 41 heavy (non-hydrogen) atoms. The van der Waals surface area contributed by atoms with Crippen molar-refractivity contribution in [3.05, 3.63) is 70.4 Å². The van der Waals surface area contributed by atoms with Crippen LogP contribution in [0, 0.1) is 6.92 Å². The summed E-state index contributed by atoms with van der Waals surface area (Å²) in [7, 11) is 2.03. The van der Waals surface area contributed by atoms with Crippen LogP contribution in [0.5, 0.6) is 0 Å². The van der Waals surface area contributed by atoms with Crippen LogP contribution in [0.2, 0.25) is 5.02 Å². The molecule has 7 nitrogen and oxygen atoms in total. The lowest BCUT2D eigenvalue weighted by Crippen LogP contribution is -2.58. The quantitative estimate of drug-likeness (QED) is 0.245.